The number of benzene rings is 2. The highest BCUT2D eigenvalue weighted by molar-refractivity contribution is 6.31. The van der Waals surface area contributed by atoms with Crippen LogP contribution < -0.4 is 15.0 Å². The molecule has 2 aromatic carbocycles. The molecule has 0 atom stereocenters. The van der Waals surface area contributed by atoms with E-state index in [1.165, 1.54) is 6.33 Å². The maximum absolute atomic E-state index is 12.2. The molecule has 1 aliphatic heterocycles. The van der Waals surface area contributed by atoms with Crippen LogP contribution in [0.5, 0.6) is 5.75 Å². The number of nitrogens with one attached hydrogen (secondary N) is 1. The Bertz CT molecular complexity index is 963. The predicted molar refractivity (Wildman–Crippen MR) is 102 cm³/mol. The number of amides is 1. The van der Waals surface area contributed by atoms with E-state index in [1.54, 1.807) is 4.90 Å². The fraction of sp³-hybridized carbons (Fsp3) is 0.211. The van der Waals surface area contributed by atoms with Crippen molar-refractivity contribution in [2.45, 2.75) is 6.42 Å². The van der Waals surface area contributed by atoms with E-state index in [0.29, 0.717) is 18.1 Å². The summed E-state index contributed by atoms with van der Waals surface area (Å²) in [6.45, 7) is 1.38. The molecule has 6 nitrogen and oxygen atoms in total. The van der Waals surface area contributed by atoms with E-state index < -0.39 is 0 Å². The molecule has 0 radical (unpaired) electrons. The van der Waals surface area contributed by atoms with Crippen LogP contribution in [0, 0.1) is 0 Å². The quantitative estimate of drug-likeness (QED) is 0.698. The molecule has 0 saturated carbocycles. The van der Waals surface area contributed by atoms with Gasteiger partial charge in [0.1, 0.15) is 17.9 Å². The summed E-state index contributed by atoms with van der Waals surface area (Å²) in [6.07, 6.45) is 2.29. The number of hydrogen-bond donors (Lipinski definition) is 1. The van der Waals surface area contributed by atoms with Crippen LogP contribution >= 0.6 is 11.6 Å². The van der Waals surface area contributed by atoms with Gasteiger partial charge in [-0.05, 0) is 36.8 Å². The van der Waals surface area contributed by atoms with Gasteiger partial charge in [0.2, 0.25) is 0 Å². The van der Waals surface area contributed by atoms with Crippen LogP contribution in [-0.4, -0.2) is 35.6 Å². The number of fused-ring (bicyclic) bond motifs is 2. The Morgan fingerprint density at radius 2 is 2.08 bits per heavy atom. The summed E-state index contributed by atoms with van der Waals surface area (Å²) in [4.78, 5) is 22.5. The number of para-hydroxylation sites is 2. The van der Waals surface area contributed by atoms with Gasteiger partial charge in [-0.3, -0.25) is 4.79 Å². The number of carbonyl (C=O) groups is 1. The first-order chi connectivity index (χ1) is 12.7. The summed E-state index contributed by atoms with van der Waals surface area (Å²) in [5.74, 6) is 1.49. The monoisotopic (exact) mass is 368 g/mol. The predicted octanol–water partition coefficient (Wildman–Crippen LogP) is 3.51. The molecule has 0 unspecified atom stereocenters. The van der Waals surface area contributed by atoms with E-state index >= 15 is 0 Å². The van der Waals surface area contributed by atoms with Gasteiger partial charge in [-0.1, -0.05) is 23.7 Å². The molecule has 2 heterocycles. The number of anilines is 2. The molecular weight excluding hydrogens is 352 g/mol. The van der Waals surface area contributed by atoms with Crippen molar-refractivity contribution < 1.29 is 9.53 Å². The maximum atomic E-state index is 12.2. The molecule has 132 valence electrons. The third kappa shape index (κ3) is 3.28. The number of rotatable bonds is 5. The zero-order chi connectivity index (χ0) is 17.9. The second kappa shape index (κ2) is 7.17. The lowest BCUT2D eigenvalue weighted by atomic mass is 10.2. The minimum Gasteiger partial charge on any atom is -0.482 e. The zero-order valence-electron chi connectivity index (χ0n) is 14.0. The largest absolute Gasteiger partial charge is 0.482 e. The zero-order valence-corrected chi connectivity index (χ0v) is 14.7. The van der Waals surface area contributed by atoms with Crippen LogP contribution in [0.1, 0.15) is 6.42 Å². The number of hydrogen-bond acceptors (Lipinski definition) is 5. The van der Waals surface area contributed by atoms with Gasteiger partial charge in [-0.25, -0.2) is 9.97 Å². The Labute approximate surface area is 155 Å². The third-order valence-corrected chi connectivity index (χ3v) is 4.49. The first-order valence-corrected chi connectivity index (χ1v) is 8.76. The maximum Gasteiger partial charge on any atom is 0.265 e. The van der Waals surface area contributed by atoms with Crippen LogP contribution in [0.4, 0.5) is 11.5 Å². The molecular formula is C19H17ClN4O2. The van der Waals surface area contributed by atoms with E-state index in [0.717, 1.165) is 34.6 Å². The van der Waals surface area contributed by atoms with Crippen LogP contribution in [0.3, 0.4) is 0 Å². The van der Waals surface area contributed by atoms with E-state index in [2.05, 4.69) is 15.3 Å². The number of ether oxygens (including phenoxy) is 1. The minimum atomic E-state index is -0.0224. The first kappa shape index (κ1) is 16.6. The van der Waals surface area contributed by atoms with E-state index in [4.69, 9.17) is 16.3 Å². The van der Waals surface area contributed by atoms with Crippen molar-refractivity contribution in [1.29, 1.82) is 0 Å². The average Bonchev–Trinajstić information content (AvgIpc) is 2.66. The van der Waals surface area contributed by atoms with Crippen molar-refractivity contribution in [3.8, 4) is 5.75 Å². The standard InChI is InChI=1S/C19H17ClN4O2/c20-13-6-7-14-15(10-13)22-12-23-19(14)21-8-3-9-24-16-4-1-2-5-17(16)26-11-18(24)25/h1-2,4-7,10,12H,3,8-9,11H2,(H,21,22,23). The Morgan fingerprint density at radius 1 is 1.19 bits per heavy atom. The topological polar surface area (TPSA) is 67.3 Å². The lowest BCUT2D eigenvalue weighted by molar-refractivity contribution is -0.121. The number of aromatic nitrogens is 2. The van der Waals surface area contributed by atoms with Crippen LogP contribution in [0.2, 0.25) is 5.02 Å². The average molecular weight is 369 g/mol. The summed E-state index contributed by atoms with van der Waals surface area (Å²) in [6, 6.07) is 13.1. The van der Waals surface area contributed by atoms with Gasteiger partial charge < -0.3 is 15.0 Å². The molecule has 26 heavy (non-hydrogen) atoms. The molecule has 0 bridgehead atoms. The van der Waals surface area contributed by atoms with Gasteiger partial charge in [0.25, 0.3) is 5.91 Å². The van der Waals surface area contributed by atoms with Crippen molar-refractivity contribution in [3.05, 3.63) is 53.8 Å². The van der Waals surface area contributed by atoms with Crippen molar-refractivity contribution >= 4 is 39.9 Å². The second-order valence-electron chi connectivity index (χ2n) is 5.97. The van der Waals surface area contributed by atoms with Crippen LogP contribution in [0.15, 0.2) is 48.8 Å². The van der Waals surface area contributed by atoms with Gasteiger partial charge in [0.15, 0.2) is 6.61 Å². The Balaban J connectivity index is 1.41. The molecule has 1 amide bonds. The summed E-state index contributed by atoms with van der Waals surface area (Å²) in [5, 5.41) is 4.89. The minimum absolute atomic E-state index is 0.0224. The molecule has 1 aliphatic rings. The lowest BCUT2D eigenvalue weighted by Gasteiger charge is -2.29. The van der Waals surface area contributed by atoms with Gasteiger partial charge in [0.05, 0.1) is 11.2 Å². The normalized spacial score (nSPS) is 13.4. The molecule has 1 N–H and O–H groups in total. The SMILES string of the molecule is O=C1COc2ccccc2N1CCCNc1ncnc2cc(Cl)ccc12. The highest BCUT2D eigenvalue weighted by Crippen LogP contribution is 2.31. The Morgan fingerprint density at radius 3 is 3.00 bits per heavy atom. The third-order valence-electron chi connectivity index (χ3n) is 4.26. The molecule has 0 spiro atoms. The van der Waals surface area contributed by atoms with Gasteiger partial charge in [-0.15, -0.1) is 0 Å². The van der Waals surface area contributed by atoms with Gasteiger partial charge in [0, 0.05) is 23.5 Å². The van der Waals surface area contributed by atoms with Gasteiger partial charge in [-0.2, -0.15) is 0 Å². The van der Waals surface area contributed by atoms with E-state index in [9.17, 15) is 4.79 Å². The van der Waals surface area contributed by atoms with Crippen molar-refractivity contribution in [3.63, 3.8) is 0 Å². The van der Waals surface area contributed by atoms with E-state index in [-0.39, 0.29) is 12.5 Å². The Hall–Kier alpha value is -2.86. The van der Waals surface area contributed by atoms with Crippen molar-refractivity contribution in [2.75, 3.05) is 29.9 Å². The highest BCUT2D eigenvalue weighted by atomic mass is 35.5. The van der Waals surface area contributed by atoms with Gasteiger partial charge >= 0.3 is 0 Å². The molecule has 0 saturated heterocycles. The van der Waals surface area contributed by atoms with Crippen molar-refractivity contribution in [1.82, 2.24) is 9.97 Å². The number of carbonyl (C=O) groups excluding carboxylic acids is 1. The van der Waals surface area contributed by atoms with Crippen molar-refractivity contribution in [2.24, 2.45) is 0 Å². The highest BCUT2D eigenvalue weighted by Gasteiger charge is 2.24. The molecule has 4 rings (SSSR count). The molecule has 0 fully saturated rings. The molecule has 0 aliphatic carbocycles. The molecule has 1 aromatic heterocycles. The van der Waals surface area contributed by atoms with Crippen LogP contribution in [-0.2, 0) is 4.79 Å². The summed E-state index contributed by atoms with van der Waals surface area (Å²) in [7, 11) is 0. The molecule has 7 heteroatoms. The second-order valence-corrected chi connectivity index (χ2v) is 6.40. The first-order valence-electron chi connectivity index (χ1n) is 8.39. The lowest BCUT2D eigenvalue weighted by Crippen LogP contribution is -2.39. The summed E-state index contributed by atoms with van der Waals surface area (Å²) >= 11 is 6.01. The number of halogens is 1. The fourth-order valence-electron chi connectivity index (χ4n) is 3.01. The smallest absolute Gasteiger partial charge is 0.265 e. The summed E-state index contributed by atoms with van der Waals surface area (Å²) in [5.41, 5.74) is 1.62. The summed E-state index contributed by atoms with van der Waals surface area (Å²) < 4.78 is 5.46. The Kier molecular flexibility index (Phi) is 4.58. The van der Waals surface area contributed by atoms with Crippen LogP contribution in [0.25, 0.3) is 10.9 Å². The molecule has 3 aromatic rings. The fourth-order valence-corrected chi connectivity index (χ4v) is 3.18. The number of nitrogens with zero attached hydrogens (tertiary/aromatic N) is 3. The van der Waals surface area contributed by atoms with E-state index in [1.807, 2.05) is 42.5 Å².